The van der Waals surface area contributed by atoms with E-state index in [1.54, 1.807) is 0 Å². The Kier molecular flexibility index (Phi) is 4.86. The fourth-order valence-electron chi connectivity index (χ4n) is 1.89. The van der Waals surface area contributed by atoms with Crippen molar-refractivity contribution in [2.45, 2.75) is 37.7 Å². The third-order valence-electron chi connectivity index (χ3n) is 3.09. The lowest BCUT2D eigenvalue weighted by Gasteiger charge is -2.34. The van der Waals surface area contributed by atoms with E-state index in [4.69, 9.17) is 0 Å². The number of hydrogen-bond acceptors (Lipinski definition) is 1. The highest BCUT2D eigenvalue weighted by atomic mass is 79.9. The standard InChI is InChI=1S/C11H17BrF3NO/c1-7(2)9(12)10(17)16-5-3-8(4-6-16)11(13,14)15/h7-9H,3-6H2,1-2H3. The van der Waals surface area contributed by atoms with Gasteiger partial charge in [-0.2, -0.15) is 13.2 Å². The summed E-state index contributed by atoms with van der Waals surface area (Å²) < 4.78 is 37.3. The predicted molar refractivity (Wildman–Crippen MR) is 62.9 cm³/mol. The van der Waals surface area contributed by atoms with Crippen LogP contribution in [0.3, 0.4) is 0 Å². The Morgan fingerprint density at radius 1 is 1.29 bits per heavy atom. The Morgan fingerprint density at radius 2 is 1.76 bits per heavy atom. The molecule has 0 bridgehead atoms. The van der Waals surface area contributed by atoms with Gasteiger partial charge in [-0.15, -0.1) is 0 Å². The van der Waals surface area contributed by atoms with Gasteiger partial charge in [0.15, 0.2) is 0 Å². The zero-order valence-electron chi connectivity index (χ0n) is 9.93. The van der Waals surface area contributed by atoms with E-state index in [1.165, 1.54) is 4.90 Å². The number of carbonyl (C=O) groups excluding carboxylic acids is 1. The molecule has 1 amide bonds. The summed E-state index contributed by atoms with van der Waals surface area (Å²) in [5.74, 6) is -1.21. The quantitative estimate of drug-likeness (QED) is 0.717. The first kappa shape index (κ1) is 14.8. The van der Waals surface area contributed by atoms with Crippen LogP contribution in [0.2, 0.25) is 0 Å². The monoisotopic (exact) mass is 315 g/mol. The van der Waals surface area contributed by atoms with Crippen LogP contribution in [0.1, 0.15) is 26.7 Å². The van der Waals surface area contributed by atoms with Gasteiger partial charge < -0.3 is 4.90 Å². The number of likely N-dealkylation sites (tertiary alicyclic amines) is 1. The molecule has 1 aliphatic rings. The minimum absolute atomic E-state index is 0.0209. The van der Waals surface area contributed by atoms with Crippen molar-refractivity contribution in [3.05, 3.63) is 0 Å². The smallest absolute Gasteiger partial charge is 0.342 e. The van der Waals surface area contributed by atoms with Crippen LogP contribution in [0.5, 0.6) is 0 Å². The molecule has 6 heteroatoms. The first-order chi connectivity index (χ1) is 7.73. The molecule has 1 rings (SSSR count). The molecule has 0 radical (unpaired) electrons. The van der Waals surface area contributed by atoms with Crippen molar-refractivity contribution >= 4 is 21.8 Å². The van der Waals surface area contributed by atoms with E-state index in [2.05, 4.69) is 15.9 Å². The Labute approximate surface area is 108 Å². The van der Waals surface area contributed by atoms with Crippen molar-refractivity contribution in [3.63, 3.8) is 0 Å². The zero-order valence-corrected chi connectivity index (χ0v) is 11.5. The molecule has 17 heavy (non-hydrogen) atoms. The molecule has 1 heterocycles. The summed E-state index contributed by atoms with van der Waals surface area (Å²) in [7, 11) is 0. The second-order valence-corrected chi connectivity index (χ2v) is 5.77. The van der Waals surface area contributed by atoms with Gasteiger partial charge in [-0.05, 0) is 18.8 Å². The lowest BCUT2D eigenvalue weighted by atomic mass is 9.95. The topological polar surface area (TPSA) is 20.3 Å². The first-order valence-corrected chi connectivity index (χ1v) is 6.64. The Bertz CT molecular complexity index is 272. The van der Waals surface area contributed by atoms with Crippen LogP contribution in [0.25, 0.3) is 0 Å². The van der Waals surface area contributed by atoms with Crippen molar-refractivity contribution in [1.29, 1.82) is 0 Å². The highest BCUT2D eigenvalue weighted by Gasteiger charge is 2.42. The molecule has 1 fully saturated rings. The molecular formula is C11H17BrF3NO. The van der Waals surface area contributed by atoms with Gasteiger partial charge >= 0.3 is 6.18 Å². The van der Waals surface area contributed by atoms with E-state index in [1.807, 2.05) is 13.8 Å². The maximum Gasteiger partial charge on any atom is 0.391 e. The van der Waals surface area contributed by atoms with Gasteiger partial charge in [-0.3, -0.25) is 4.79 Å². The van der Waals surface area contributed by atoms with Crippen molar-refractivity contribution in [3.8, 4) is 0 Å². The van der Waals surface area contributed by atoms with E-state index in [9.17, 15) is 18.0 Å². The molecule has 0 saturated carbocycles. The maximum atomic E-state index is 12.4. The average molecular weight is 316 g/mol. The summed E-state index contributed by atoms with van der Waals surface area (Å²) in [5, 5.41) is 0. The third kappa shape index (κ3) is 3.86. The van der Waals surface area contributed by atoms with E-state index in [-0.39, 0.29) is 42.6 Å². The number of nitrogens with zero attached hydrogens (tertiary/aromatic N) is 1. The van der Waals surface area contributed by atoms with Crippen LogP contribution in [-0.2, 0) is 4.79 Å². The lowest BCUT2D eigenvalue weighted by Crippen LogP contribution is -2.45. The summed E-state index contributed by atoms with van der Waals surface area (Å²) in [6.07, 6.45) is -4.08. The van der Waals surface area contributed by atoms with Gasteiger partial charge in [0, 0.05) is 13.1 Å². The minimum atomic E-state index is -4.12. The van der Waals surface area contributed by atoms with Crippen LogP contribution in [-0.4, -0.2) is 34.9 Å². The van der Waals surface area contributed by atoms with E-state index in [0.717, 1.165) is 0 Å². The minimum Gasteiger partial charge on any atom is -0.342 e. The number of alkyl halides is 4. The van der Waals surface area contributed by atoms with Gasteiger partial charge in [0.2, 0.25) is 5.91 Å². The van der Waals surface area contributed by atoms with Crippen molar-refractivity contribution < 1.29 is 18.0 Å². The molecule has 0 aromatic rings. The molecule has 1 saturated heterocycles. The SMILES string of the molecule is CC(C)C(Br)C(=O)N1CCC(C(F)(F)F)CC1. The number of rotatable bonds is 2. The summed E-state index contributed by atoms with van der Waals surface area (Å²) in [4.78, 5) is 13.1. The van der Waals surface area contributed by atoms with Gasteiger partial charge in [0.1, 0.15) is 0 Å². The van der Waals surface area contributed by atoms with Crippen LogP contribution in [0.15, 0.2) is 0 Å². The second-order valence-electron chi connectivity index (χ2n) is 4.79. The van der Waals surface area contributed by atoms with E-state index >= 15 is 0 Å². The van der Waals surface area contributed by atoms with Crippen LogP contribution >= 0.6 is 15.9 Å². The summed E-state index contributed by atoms with van der Waals surface area (Å²) >= 11 is 3.28. The molecule has 0 spiro atoms. The lowest BCUT2D eigenvalue weighted by molar-refractivity contribution is -0.186. The number of carbonyl (C=O) groups is 1. The third-order valence-corrected chi connectivity index (χ3v) is 4.54. The predicted octanol–water partition coefficient (Wildman–Crippen LogP) is 3.21. The van der Waals surface area contributed by atoms with Gasteiger partial charge in [0.25, 0.3) is 0 Å². The van der Waals surface area contributed by atoms with E-state index < -0.39 is 12.1 Å². The van der Waals surface area contributed by atoms with Crippen molar-refractivity contribution in [1.82, 2.24) is 4.90 Å². The Hall–Kier alpha value is -0.260. The van der Waals surface area contributed by atoms with Crippen molar-refractivity contribution in [2.24, 2.45) is 11.8 Å². The molecule has 0 aromatic carbocycles. The number of halogens is 4. The first-order valence-electron chi connectivity index (χ1n) is 5.73. The average Bonchev–Trinajstić information content (AvgIpc) is 2.26. The fraction of sp³-hybridized carbons (Fsp3) is 0.909. The van der Waals surface area contributed by atoms with Gasteiger partial charge in [0.05, 0.1) is 10.7 Å². The van der Waals surface area contributed by atoms with Crippen LogP contribution < -0.4 is 0 Å². The fourth-order valence-corrected chi connectivity index (χ4v) is 2.18. The van der Waals surface area contributed by atoms with Gasteiger partial charge in [-0.1, -0.05) is 29.8 Å². The summed E-state index contributed by atoms with van der Waals surface area (Å²) in [6.45, 7) is 4.22. The maximum absolute atomic E-state index is 12.4. The zero-order chi connectivity index (χ0) is 13.2. The second kappa shape index (κ2) is 5.59. The highest BCUT2D eigenvalue weighted by Crippen LogP contribution is 2.34. The van der Waals surface area contributed by atoms with Gasteiger partial charge in [-0.25, -0.2) is 0 Å². The van der Waals surface area contributed by atoms with Crippen LogP contribution in [0.4, 0.5) is 13.2 Å². The summed E-state index contributed by atoms with van der Waals surface area (Å²) in [6, 6.07) is 0. The molecule has 0 aromatic heterocycles. The number of piperidine rings is 1. The molecule has 1 unspecified atom stereocenters. The normalized spacial score (nSPS) is 20.8. The molecule has 1 atom stereocenters. The number of hydrogen-bond donors (Lipinski definition) is 0. The largest absolute Gasteiger partial charge is 0.391 e. The molecule has 2 nitrogen and oxygen atoms in total. The Morgan fingerprint density at radius 3 is 2.12 bits per heavy atom. The summed E-state index contributed by atoms with van der Waals surface area (Å²) in [5.41, 5.74) is 0. The Balaban J connectivity index is 2.50. The molecular weight excluding hydrogens is 299 g/mol. The molecule has 0 N–H and O–H groups in total. The van der Waals surface area contributed by atoms with E-state index in [0.29, 0.717) is 0 Å². The molecule has 1 aliphatic heterocycles. The molecule has 100 valence electrons. The molecule has 0 aliphatic carbocycles. The van der Waals surface area contributed by atoms with Crippen LogP contribution in [0, 0.1) is 11.8 Å². The van der Waals surface area contributed by atoms with Crippen molar-refractivity contribution in [2.75, 3.05) is 13.1 Å². The number of amides is 1. The highest BCUT2D eigenvalue weighted by molar-refractivity contribution is 9.10.